The van der Waals surface area contributed by atoms with Gasteiger partial charge in [-0.2, -0.15) is 4.99 Å². The molecule has 21 heavy (non-hydrogen) atoms. The van der Waals surface area contributed by atoms with E-state index >= 15 is 0 Å². The Balaban J connectivity index is 2.62. The van der Waals surface area contributed by atoms with Crippen LogP contribution in [-0.4, -0.2) is 23.1 Å². The van der Waals surface area contributed by atoms with Gasteiger partial charge in [-0.05, 0) is 19.1 Å². The number of para-hydroxylation sites is 1. The van der Waals surface area contributed by atoms with Crippen LogP contribution in [0.25, 0.3) is 10.2 Å². The minimum atomic E-state index is -0.387. The van der Waals surface area contributed by atoms with Crippen LogP contribution >= 0.6 is 22.9 Å². The van der Waals surface area contributed by atoms with Gasteiger partial charge in [-0.3, -0.25) is 9.59 Å². The van der Waals surface area contributed by atoms with Crippen molar-refractivity contribution >= 4 is 45.0 Å². The highest BCUT2D eigenvalue weighted by molar-refractivity contribution is 7.16. The molecule has 0 saturated heterocycles. The van der Waals surface area contributed by atoms with Gasteiger partial charge in [0.05, 0.1) is 21.8 Å². The first-order valence-corrected chi connectivity index (χ1v) is 7.77. The number of esters is 1. The molecule has 0 unspecified atom stereocenters. The third kappa shape index (κ3) is 3.51. The Labute approximate surface area is 130 Å². The Bertz CT molecular complexity index is 748. The van der Waals surface area contributed by atoms with Crippen LogP contribution in [0.2, 0.25) is 5.02 Å². The lowest BCUT2D eigenvalue weighted by molar-refractivity contribution is -0.143. The number of hydrogen-bond acceptors (Lipinski definition) is 4. The fourth-order valence-corrected chi connectivity index (χ4v) is 3.25. The number of nitrogens with zero attached hydrogens (tertiary/aromatic N) is 2. The summed E-state index contributed by atoms with van der Waals surface area (Å²) in [4.78, 5) is 27.9. The first kappa shape index (κ1) is 15.7. The highest BCUT2D eigenvalue weighted by atomic mass is 35.5. The molecule has 0 fully saturated rings. The fraction of sp³-hybridized carbons (Fsp3) is 0.357. The Morgan fingerprint density at radius 1 is 1.38 bits per heavy atom. The molecule has 7 heteroatoms. The van der Waals surface area contributed by atoms with Crippen molar-refractivity contribution in [3.05, 3.63) is 28.0 Å². The molecule has 1 aromatic carbocycles. The quantitative estimate of drug-likeness (QED) is 0.812. The summed E-state index contributed by atoms with van der Waals surface area (Å²) in [5.41, 5.74) is 0.694. The number of thiazole rings is 1. The SMILES string of the molecule is CCOC(=O)Cn1c(=NC(=O)CC)sc2cccc(Cl)c21. The van der Waals surface area contributed by atoms with Gasteiger partial charge in [0.25, 0.3) is 0 Å². The van der Waals surface area contributed by atoms with Crippen LogP contribution in [0.15, 0.2) is 23.2 Å². The first-order chi connectivity index (χ1) is 10.1. The average Bonchev–Trinajstić information content (AvgIpc) is 2.78. The molecule has 0 aliphatic heterocycles. The van der Waals surface area contributed by atoms with Crippen molar-refractivity contribution in [3.8, 4) is 0 Å². The predicted molar refractivity (Wildman–Crippen MR) is 82.3 cm³/mol. The number of carbonyl (C=O) groups is 2. The summed E-state index contributed by atoms with van der Waals surface area (Å²) in [7, 11) is 0. The Hall–Kier alpha value is -1.66. The number of aromatic nitrogens is 1. The normalized spacial score (nSPS) is 11.9. The molecule has 112 valence electrons. The number of benzene rings is 1. The molecule has 0 N–H and O–H groups in total. The van der Waals surface area contributed by atoms with Gasteiger partial charge in [-0.25, -0.2) is 0 Å². The standard InChI is InChI=1S/C14H15ClN2O3S/c1-3-11(18)16-14-17(8-12(19)20-4-2)13-9(15)6-5-7-10(13)21-14/h5-7H,3-4,8H2,1-2H3. The summed E-state index contributed by atoms with van der Waals surface area (Å²) in [5, 5.41) is 0.512. The molecule has 0 aliphatic carbocycles. The number of ether oxygens (including phenoxy) is 1. The van der Waals surface area contributed by atoms with E-state index < -0.39 is 0 Å². The molecule has 0 atom stereocenters. The van der Waals surface area contributed by atoms with Crippen molar-refractivity contribution < 1.29 is 14.3 Å². The zero-order chi connectivity index (χ0) is 15.4. The van der Waals surface area contributed by atoms with Gasteiger partial charge < -0.3 is 9.30 Å². The highest BCUT2D eigenvalue weighted by Crippen LogP contribution is 2.25. The molecule has 5 nitrogen and oxygen atoms in total. The second kappa shape index (κ2) is 6.87. The van der Waals surface area contributed by atoms with Crippen molar-refractivity contribution in [2.75, 3.05) is 6.61 Å². The van der Waals surface area contributed by atoms with Crippen LogP contribution in [-0.2, 0) is 20.9 Å². The second-order valence-corrected chi connectivity index (χ2v) is 5.64. The van der Waals surface area contributed by atoms with Gasteiger partial charge >= 0.3 is 5.97 Å². The van der Waals surface area contributed by atoms with E-state index in [-0.39, 0.29) is 18.4 Å². The number of halogens is 1. The van der Waals surface area contributed by atoms with Crippen LogP contribution in [0.1, 0.15) is 20.3 Å². The smallest absolute Gasteiger partial charge is 0.326 e. The summed E-state index contributed by atoms with van der Waals surface area (Å²) >= 11 is 7.54. The lowest BCUT2D eigenvalue weighted by atomic mass is 10.3. The molecule has 2 aromatic rings. The van der Waals surface area contributed by atoms with Crippen molar-refractivity contribution in [2.45, 2.75) is 26.8 Å². The molecule has 1 amide bonds. The van der Waals surface area contributed by atoms with E-state index in [1.54, 1.807) is 24.5 Å². The molecule has 0 radical (unpaired) electrons. The molecule has 0 spiro atoms. The summed E-state index contributed by atoms with van der Waals surface area (Å²) in [6.07, 6.45) is 0.307. The Morgan fingerprint density at radius 2 is 2.14 bits per heavy atom. The van der Waals surface area contributed by atoms with Crippen molar-refractivity contribution in [1.82, 2.24) is 4.57 Å². The summed E-state index contributed by atoms with van der Waals surface area (Å²) in [6.45, 7) is 3.76. The van der Waals surface area contributed by atoms with Crippen LogP contribution in [0.5, 0.6) is 0 Å². The van der Waals surface area contributed by atoms with E-state index in [1.807, 2.05) is 12.1 Å². The van der Waals surface area contributed by atoms with Crippen molar-refractivity contribution in [1.29, 1.82) is 0 Å². The maximum absolute atomic E-state index is 11.8. The van der Waals surface area contributed by atoms with Gasteiger partial charge in [0.15, 0.2) is 4.80 Å². The maximum atomic E-state index is 11.8. The molecule has 0 bridgehead atoms. The number of amides is 1. The summed E-state index contributed by atoms with van der Waals surface area (Å²) < 4.78 is 7.47. The average molecular weight is 327 g/mol. The predicted octanol–water partition coefficient (Wildman–Crippen LogP) is 2.76. The van der Waals surface area contributed by atoms with Gasteiger partial charge in [0.1, 0.15) is 6.54 Å². The monoisotopic (exact) mass is 326 g/mol. The maximum Gasteiger partial charge on any atom is 0.326 e. The Morgan fingerprint density at radius 3 is 2.81 bits per heavy atom. The lowest BCUT2D eigenvalue weighted by Crippen LogP contribution is -2.23. The highest BCUT2D eigenvalue weighted by Gasteiger charge is 2.14. The molecular weight excluding hydrogens is 312 g/mol. The zero-order valence-corrected chi connectivity index (χ0v) is 13.3. The summed E-state index contributed by atoms with van der Waals surface area (Å²) in [6, 6.07) is 5.44. The fourth-order valence-electron chi connectivity index (χ4n) is 1.84. The van der Waals surface area contributed by atoms with E-state index in [2.05, 4.69) is 4.99 Å². The van der Waals surface area contributed by atoms with Crippen LogP contribution in [0.4, 0.5) is 0 Å². The van der Waals surface area contributed by atoms with Crippen LogP contribution in [0.3, 0.4) is 0 Å². The minimum absolute atomic E-state index is 0.0204. The summed E-state index contributed by atoms with van der Waals surface area (Å²) in [5.74, 6) is -0.627. The zero-order valence-electron chi connectivity index (χ0n) is 11.8. The molecule has 0 aliphatic rings. The third-order valence-corrected chi connectivity index (χ3v) is 4.12. The lowest BCUT2D eigenvalue weighted by Gasteiger charge is -2.05. The van der Waals surface area contributed by atoms with E-state index in [1.165, 1.54) is 11.3 Å². The van der Waals surface area contributed by atoms with Crippen molar-refractivity contribution in [3.63, 3.8) is 0 Å². The van der Waals surface area contributed by atoms with Gasteiger partial charge in [0.2, 0.25) is 5.91 Å². The first-order valence-electron chi connectivity index (χ1n) is 6.57. The van der Waals surface area contributed by atoms with E-state index in [0.29, 0.717) is 28.4 Å². The second-order valence-electron chi connectivity index (χ2n) is 4.22. The number of rotatable bonds is 4. The largest absolute Gasteiger partial charge is 0.465 e. The van der Waals surface area contributed by atoms with Gasteiger partial charge in [-0.15, -0.1) is 0 Å². The molecular formula is C14H15ClN2O3S. The number of hydrogen-bond donors (Lipinski definition) is 0. The van der Waals surface area contributed by atoms with Gasteiger partial charge in [-0.1, -0.05) is 35.9 Å². The number of carbonyl (C=O) groups excluding carboxylic acids is 2. The topological polar surface area (TPSA) is 60.7 Å². The van der Waals surface area contributed by atoms with E-state index in [9.17, 15) is 9.59 Å². The van der Waals surface area contributed by atoms with Crippen LogP contribution < -0.4 is 4.80 Å². The van der Waals surface area contributed by atoms with Crippen molar-refractivity contribution in [2.24, 2.45) is 4.99 Å². The van der Waals surface area contributed by atoms with Crippen LogP contribution in [0, 0.1) is 0 Å². The van der Waals surface area contributed by atoms with E-state index in [0.717, 1.165) is 4.70 Å². The number of fused-ring (bicyclic) bond motifs is 1. The van der Waals surface area contributed by atoms with Gasteiger partial charge in [0, 0.05) is 6.42 Å². The molecule has 2 rings (SSSR count). The minimum Gasteiger partial charge on any atom is -0.465 e. The third-order valence-electron chi connectivity index (χ3n) is 2.77. The molecule has 1 aromatic heterocycles. The Kier molecular flexibility index (Phi) is 5.14. The molecule has 1 heterocycles. The molecule has 0 saturated carbocycles. The van der Waals surface area contributed by atoms with E-state index in [4.69, 9.17) is 16.3 Å².